The normalized spacial score (nSPS) is 38.4. The summed E-state index contributed by atoms with van der Waals surface area (Å²) in [6, 6.07) is 2.54. The highest BCUT2D eigenvalue weighted by Crippen LogP contribution is 2.45. The Balaban J connectivity index is 1.79. The van der Waals surface area contributed by atoms with Gasteiger partial charge in [-0.25, -0.2) is 0 Å². The van der Waals surface area contributed by atoms with Crippen molar-refractivity contribution in [3.05, 3.63) is 0 Å². The Morgan fingerprint density at radius 1 is 1.05 bits per heavy atom. The van der Waals surface area contributed by atoms with E-state index in [1.807, 2.05) is 0 Å². The number of hydrogen-bond donors (Lipinski definition) is 0. The van der Waals surface area contributed by atoms with Crippen molar-refractivity contribution >= 4 is 0 Å². The van der Waals surface area contributed by atoms with E-state index in [-0.39, 0.29) is 5.41 Å². The summed E-state index contributed by atoms with van der Waals surface area (Å²) in [6.45, 7) is 2.93. The van der Waals surface area contributed by atoms with Gasteiger partial charge in [0.1, 0.15) is 0 Å². The number of rotatable bonds is 5. The standard InChI is InChI=1S/C18H31NO/c1-3-4-15-5-7-16(8-6-15)17-9-11-18(13-19,12-10-17)14-20-2/h15-17H,3-12,14H2,1-2H3. The van der Waals surface area contributed by atoms with Gasteiger partial charge in [0, 0.05) is 7.11 Å². The number of ether oxygens (including phenoxy) is 1. The zero-order valence-corrected chi connectivity index (χ0v) is 13.4. The Kier molecular flexibility index (Phi) is 5.90. The van der Waals surface area contributed by atoms with Gasteiger partial charge in [-0.3, -0.25) is 0 Å². The average Bonchev–Trinajstić information content (AvgIpc) is 2.50. The van der Waals surface area contributed by atoms with E-state index in [0.29, 0.717) is 6.61 Å². The first-order valence-corrected chi connectivity index (χ1v) is 8.63. The molecule has 2 rings (SSSR count). The van der Waals surface area contributed by atoms with Crippen LogP contribution in [0.1, 0.15) is 71.1 Å². The zero-order valence-electron chi connectivity index (χ0n) is 13.4. The molecule has 0 N–H and O–H groups in total. The van der Waals surface area contributed by atoms with Crippen molar-refractivity contribution in [1.82, 2.24) is 0 Å². The van der Waals surface area contributed by atoms with Crippen molar-refractivity contribution < 1.29 is 4.74 Å². The Morgan fingerprint density at radius 2 is 1.65 bits per heavy atom. The lowest BCUT2D eigenvalue weighted by Gasteiger charge is -2.40. The fraction of sp³-hybridized carbons (Fsp3) is 0.944. The highest BCUT2D eigenvalue weighted by molar-refractivity contribution is 5.02. The number of methoxy groups -OCH3 is 1. The smallest absolute Gasteiger partial charge is 0.0807 e. The van der Waals surface area contributed by atoms with E-state index in [4.69, 9.17) is 4.74 Å². The van der Waals surface area contributed by atoms with Crippen molar-refractivity contribution in [3.8, 4) is 6.07 Å². The van der Waals surface area contributed by atoms with E-state index in [1.54, 1.807) is 7.11 Å². The highest BCUT2D eigenvalue weighted by atomic mass is 16.5. The van der Waals surface area contributed by atoms with E-state index in [1.165, 1.54) is 51.4 Å². The van der Waals surface area contributed by atoms with Crippen LogP contribution in [0.3, 0.4) is 0 Å². The summed E-state index contributed by atoms with van der Waals surface area (Å²) in [6.07, 6.45) is 13.2. The fourth-order valence-corrected chi connectivity index (χ4v) is 4.59. The molecule has 0 amide bonds. The minimum Gasteiger partial charge on any atom is -0.383 e. The highest BCUT2D eigenvalue weighted by Gasteiger charge is 2.38. The van der Waals surface area contributed by atoms with Crippen LogP contribution in [0.25, 0.3) is 0 Å². The van der Waals surface area contributed by atoms with Crippen LogP contribution < -0.4 is 0 Å². The maximum Gasteiger partial charge on any atom is 0.0807 e. The van der Waals surface area contributed by atoms with Crippen LogP contribution in [0.15, 0.2) is 0 Å². The molecule has 2 nitrogen and oxygen atoms in total. The van der Waals surface area contributed by atoms with Gasteiger partial charge < -0.3 is 4.74 Å². The van der Waals surface area contributed by atoms with Gasteiger partial charge in [0.05, 0.1) is 18.1 Å². The molecule has 0 unspecified atom stereocenters. The first-order valence-electron chi connectivity index (χ1n) is 8.63. The number of nitrogens with zero attached hydrogens (tertiary/aromatic N) is 1. The van der Waals surface area contributed by atoms with Gasteiger partial charge in [-0.15, -0.1) is 0 Å². The van der Waals surface area contributed by atoms with Crippen LogP contribution in [0.2, 0.25) is 0 Å². The quantitative estimate of drug-likeness (QED) is 0.713. The van der Waals surface area contributed by atoms with Crippen LogP contribution in [0.5, 0.6) is 0 Å². The first-order chi connectivity index (χ1) is 9.73. The molecule has 0 aromatic carbocycles. The van der Waals surface area contributed by atoms with E-state index in [9.17, 15) is 5.26 Å². The van der Waals surface area contributed by atoms with Crippen molar-refractivity contribution in [2.24, 2.45) is 23.2 Å². The molecule has 0 bridgehead atoms. The predicted octanol–water partition coefficient (Wildman–Crippen LogP) is 4.94. The van der Waals surface area contributed by atoms with Gasteiger partial charge in [-0.1, -0.05) is 32.6 Å². The Labute approximate surface area is 124 Å². The van der Waals surface area contributed by atoms with E-state index in [0.717, 1.165) is 30.6 Å². The van der Waals surface area contributed by atoms with E-state index in [2.05, 4.69) is 13.0 Å². The summed E-state index contributed by atoms with van der Waals surface area (Å²) in [4.78, 5) is 0. The minimum absolute atomic E-state index is 0.176. The fourth-order valence-electron chi connectivity index (χ4n) is 4.59. The van der Waals surface area contributed by atoms with Crippen molar-refractivity contribution in [3.63, 3.8) is 0 Å². The zero-order chi connectivity index (χ0) is 14.4. The largest absolute Gasteiger partial charge is 0.383 e. The second kappa shape index (κ2) is 7.46. The Morgan fingerprint density at radius 3 is 2.15 bits per heavy atom. The molecular formula is C18H31NO. The van der Waals surface area contributed by atoms with Crippen LogP contribution >= 0.6 is 0 Å². The molecule has 2 aliphatic rings. The lowest BCUT2D eigenvalue weighted by molar-refractivity contribution is 0.0556. The summed E-state index contributed by atoms with van der Waals surface area (Å²) >= 11 is 0. The molecule has 114 valence electrons. The van der Waals surface area contributed by atoms with Gasteiger partial charge in [0.2, 0.25) is 0 Å². The summed E-state index contributed by atoms with van der Waals surface area (Å²) < 4.78 is 5.27. The third-order valence-electron chi connectivity index (χ3n) is 5.90. The van der Waals surface area contributed by atoms with Crippen LogP contribution in [0.4, 0.5) is 0 Å². The number of hydrogen-bond acceptors (Lipinski definition) is 2. The second-order valence-corrected chi connectivity index (χ2v) is 7.23. The SMILES string of the molecule is CCCC1CCC(C2CCC(C#N)(COC)CC2)CC1. The second-order valence-electron chi connectivity index (χ2n) is 7.23. The number of nitriles is 1. The molecule has 2 aliphatic carbocycles. The third-order valence-corrected chi connectivity index (χ3v) is 5.90. The summed E-state index contributed by atoms with van der Waals surface area (Å²) in [5.41, 5.74) is -0.176. The predicted molar refractivity (Wildman–Crippen MR) is 82.2 cm³/mol. The third kappa shape index (κ3) is 3.76. The maximum atomic E-state index is 9.43. The van der Waals surface area contributed by atoms with Gasteiger partial charge >= 0.3 is 0 Å². The molecule has 0 atom stereocenters. The Hall–Kier alpha value is -0.550. The molecule has 0 spiro atoms. The molecule has 20 heavy (non-hydrogen) atoms. The molecule has 0 radical (unpaired) electrons. The van der Waals surface area contributed by atoms with Crippen LogP contribution in [0, 0.1) is 34.5 Å². The molecule has 0 aromatic rings. The van der Waals surface area contributed by atoms with Crippen molar-refractivity contribution in [2.45, 2.75) is 71.1 Å². The first kappa shape index (κ1) is 15.8. The lowest BCUT2D eigenvalue weighted by atomic mass is 9.65. The maximum absolute atomic E-state index is 9.43. The summed E-state index contributed by atoms with van der Waals surface area (Å²) in [7, 11) is 1.72. The average molecular weight is 277 g/mol. The van der Waals surface area contributed by atoms with E-state index < -0.39 is 0 Å². The van der Waals surface area contributed by atoms with Gasteiger partial charge in [0.15, 0.2) is 0 Å². The molecular weight excluding hydrogens is 246 g/mol. The van der Waals surface area contributed by atoms with E-state index >= 15 is 0 Å². The molecule has 0 aliphatic heterocycles. The molecule has 0 heterocycles. The van der Waals surface area contributed by atoms with Crippen LogP contribution in [-0.2, 0) is 4.74 Å². The molecule has 2 heteroatoms. The topological polar surface area (TPSA) is 33.0 Å². The molecule has 2 saturated carbocycles. The molecule has 2 fully saturated rings. The molecule has 0 aromatic heterocycles. The van der Waals surface area contributed by atoms with Crippen LogP contribution in [-0.4, -0.2) is 13.7 Å². The van der Waals surface area contributed by atoms with Crippen molar-refractivity contribution in [1.29, 1.82) is 5.26 Å². The van der Waals surface area contributed by atoms with Gasteiger partial charge in [-0.05, 0) is 56.3 Å². The summed E-state index contributed by atoms with van der Waals surface area (Å²) in [5, 5.41) is 9.43. The van der Waals surface area contributed by atoms with Crippen molar-refractivity contribution in [2.75, 3.05) is 13.7 Å². The lowest BCUT2D eigenvalue weighted by Crippen LogP contribution is -2.33. The summed E-state index contributed by atoms with van der Waals surface area (Å²) in [5.74, 6) is 2.84. The monoisotopic (exact) mass is 277 g/mol. The minimum atomic E-state index is -0.176. The molecule has 0 saturated heterocycles. The Bertz CT molecular complexity index is 317. The van der Waals surface area contributed by atoms with Gasteiger partial charge in [0.25, 0.3) is 0 Å². The van der Waals surface area contributed by atoms with Gasteiger partial charge in [-0.2, -0.15) is 5.26 Å².